The van der Waals surface area contributed by atoms with E-state index in [0.29, 0.717) is 5.69 Å². The second-order valence-electron chi connectivity index (χ2n) is 5.45. The van der Waals surface area contributed by atoms with Crippen LogP contribution >= 0.6 is 0 Å². The van der Waals surface area contributed by atoms with Crippen molar-refractivity contribution in [2.24, 2.45) is 0 Å². The number of para-hydroxylation sites is 2. The van der Waals surface area contributed by atoms with Crippen molar-refractivity contribution in [3.63, 3.8) is 0 Å². The molecule has 3 N–H and O–H groups in total. The largest absolute Gasteiger partial charge is 0.506 e. The molecular weight excluding hydrogens is 298 g/mol. The van der Waals surface area contributed by atoms with E-state index in [1.54, 1.807) is 18.2 Å². The standard InChI is InChI=1S/C15H17N5O3/c21-13-8-4-3-7-11(13)18-15-16-9-12(20(22)23)14(19-15)17-10-5-1-2-6-10/h3-4,7-10,21H,1-2,5-6H2,(H2,16,17,18,19). The van der Waals surface area contributed by atoms with Crippen LogP contribution in [0.15, 0.2) is 30.5 Å². The maximum atomic E-state index is 11.1. The Kier molecular flexibility index (Phi) is 4.22. The van der Waals surface area contributed by atoms with Gasteiger partial charge in [0, 0.05) is 6.04 Å². The van der Waals surface area contributed by atoms with Crippen LogP contribution in [0.3, 0.4) is 0 Å². The lowest BCUT2D eigenvalue weighted by Gasteiger charge is -2.13. The molecule has 1 aromatic carbocycles. The van der Waals surface area contributed by atoms with Crippen molar-refractivity contribution < 1.29 is 10.0 Å². The highest BCUT2D eigenvalue weighted by atomic mass is 16.6. The number of hydrogen-bond donors (Lipinski definition) is 3. The molecule has 0 saturated heterocycles. The highest BCUT2D eigenvalue weighted by Gasteiger charge is 2.22. The number of nitrogens with zero attached hydrogens (tertiary/aromatic N) is 3. The molecule has 1 aliphatic rings. The summed E-state index contributed by atoms with van der Waals surface area (Å²) in [6, 6.07) is 6.85. The van der Waals surface area contributed by atoms with Crippen LogP contribution in [0.25, 0.3) is 0 Å². The van der Waals surface area contributed by atoms with Crippen molar-refractivity contribution in [1.82, 2.24) is 9.97 Å². The fraction of sp³-hybridized carbons (Fsp3) is 0.333. The van der Waals surface area contributed by atoms with Gasteiger partial charge in [-0.3, -0.25) is 10.1 Å². The molecule has 0 atom stereocenters. The van der Waals surface area contributed by atoms with E-state index in [2.05, 4.69) is 20.6 Å². The first-order valence-corrected chi connectivity index (χ1v) is 7.46. The summed E-state index contributed by atoms with van der Waals surface area (Å²) in [5.41, 5.74) is 0.285. The van der Waals surface area contributed by atoms with Crippen molar-refractivity contribution in [2.45, 2.75) is 31.7 Å². The molecule has 8 nitrogen and oxygen atoms in total. The fourth-order valence-corrected chi connectivity index (χ4v) is 2.64. The number of nitro groups is 1. The Hall–Kier alpha value is -2.90. The van der Waals surface area contributed by atoms with Crippen LogP contribution in [0.4, 0.5) is 23.1 Å². The third-order valence-corrected chi connectivity index (χ3v) is 3.81. The number of aromatic hydroxyl groups is 1. The first-order chi connectivity index (χ1) is 11.1. The summed E-state index contributed by atoms with van der Waals surface area (Å²) in [5.74, 6) is 0.451. The number of hydrogen-bond acceptors (Lipinski definition) is 7. The first-order valence-electron chi connectivity index (χ1n) is 7.46. The molecule has 2 aromatic rings. The molecule has 3 rings (SSSR count). The van der Waals surface area contributed by atoms with Gasteiger partial charge < -0.3 is 15.7 Å². The second kappa shape index (κ2) is 6.47. The van der Waals surface area contributed by atoms with Crippen LogP contribution in [0.5, 0.6) is 5.75 Å². The zero-order chi connectivity index (χ0) is 16.2. The average Bonchev–Trinajstić information content (AvgIpc) is 3.02. The van der Waals surface area contributed by atoms with Crippen molar-refractivity contribution in [2.75, 3.05) is 10.6 Å². The lowest BCUT2D eigenvalue weighted by molar-refractivity contribution is -0.384. The van der Waals surface area contributed by atoms with Gasteiger partial charge in [0.05, 0.1) is 10.6 Å². The van der Waals surface area contributed by atoms with Crippen molar-refractivity contribution in [3.05, 3.63) is 40.6 Å². The number of benzene rings is 1. The van der Waals surface area contributed by atoms with Gasteiger partial charge in [-0.15, -0.1) is 0 Å². The number of nitrogens with one attached hydrogen (secondary N) is 2. The molecule has 1 heterocycles. The van der Waals surface area contributed by atoms with Crippen molar-refractivity contribution in [3.8, 4) is 5.75 Å². The maximum Gasteiger partial charge on any atom is 0.329 e. The van der Waals surface area contributed by atoms with Crippen molar-refractivity contribution >= 4 is 23.1 Å². The van der Waals surface area contributed by atoms with Gasteiger partial charge in [0.15, 0.2) is 0 Å². The predicted octanol–water partition coefficient (Wildman–Crippen LogP) is 3.19. The van der Waals surface area contributed by atoms with Gasteiger partial charge in [-0.2, -0.15) is 4.98 Å². The Balaban J connectivity index is 1.86. The van der Waals surface area contributed by atoms with Gasteiger partial charge in [-0.05, 0) is 25.0 Å². The molecule has 0 amide bonds. The van der Waals surface area contributed by atoms with Crippen LogP contribution in [0, 0.1) is 10.1 Å². The van der Waals surface area contributed by atoms with Gasteiger partial charge >= 0.3 is 5.69 Å². The zero-order valence-electron chi connectivity index (χ0n) is 12.4. The molecule has 8 heteroatoms. The topological polar surface area (TPSA) is 113 Å². The number of phenolic OH excluding ortho intramolecular Hbond substituents is 1. The van der Waals surface area contributed by atoms with Crippen LogP contribution in [0.2, 0.25) is 0 Å². The first kappa shape index (κ1) is 15.0. The van der Waals surface area contributed by atoms with Gasteiger partial charge in [-0.1, -0.05) is 25.0 Å². The van der Waals surface area contributed by atoms with E-state index in [9.17, 15) is 15.2 Å². The number of phenols is 1. The van der Waals surface area contributed by atoms with Crippen LogP contribution in [-0.4, -0.2) is 26.0 Å². The Morgan fingerprint density at radius 2 is 2.00 bits per heavy atom. The number of rotatable bonds is 5. The third kappa shape index (κ3) is 3.47. The Morgan fingerprint density at radius 1 is 1.26 bits per heavy atom. The summed E-state index contributed by atoms with van der Waals surface area (Å²) in [6.07, 6.45) is 5.35. The molecule has 1 aromatic heterocycles. The molecular formula is C15H17N5O3. The van der Waals surface area contributed by atoms with Gasteiger partial charge in [0.25, 0.3) is 0 Å². The molecule has 1 saturated carbocycles. The zero-order valence-corrected chi connectivity index (χ0v) is 12.4. The van der Waals surface area contributed by atoms with Gasteiger partial charge in [0.1, 0.15) is 11.9 Å². The van der Waals surface area contributed by atoms with Crippen molar-refractivity contribution in [1.29, 1.82) is 0 Å². The van der Waals surface area contributed by atoms with E-state index in [0.717, 1.165) is 25.7 Å². The monoisotopic (exact) mass is 315 g/mol. The number of anilines is 3. The van der Waals surface area contributed by atoms with Crippen LogP contribution in [-0.2, 0) is 0 Å². The maximum absolute atomic E-state index is 11.1. The smallest absolute Gasteiger partial charge is 0.329 e. The quantitative estimate of drug-likeness (QED) is 0.441. The molecule has 1 aliphatic carbocycles. The summed E-state index contributed by atoms with van der Waals surface area (Å²) < 4.78 is 0. The predicted molar refractivity (Wildman–Crippen MR) is 86.0 cm³/mol. The van der Waals surface area contributed by atoms with E-state index in [-0.39, 0.29) is 29.2 Å². The summed E-state index contributed by atoms with van der Waals surface area (Å²) in [5, 5.41) is 26.9. The van der Waals surface area contributed by atoms with Crippen LogP contribution in [0.1, 0.15) is 25.7 Å². The summed E-state index contributed by atoms with van der Waals surface area (Å²) >= 11 is 0. The van der Waals surface area contributed by atoms with Crippen LogP contribution < -0.4 is 10.6 Å². The minimum Gasteiger partial charge on any atom is -0.506 e. The van der Waals surface area contributed by atoms with Gasteiger partial charge in [-0.25, -0.2) is 4.98 Å². The van der Waals surface area contributed by atoms with E-state index >= 15 is 0 Å². The third-order valence-electron chi connectivity index (χ3n) is 3.81. The Morgan fingerprint density at radius 3 is 2.70 bits per heavy atom. The molecule has 120 valence electrons. The fourth-order valence-electron chi connectivity index (χ4n) is 2.64. The summed E-state index contributed by atoms with van der Waals surface area (Å²) in [7, 11) is 0. The SMILES string of the molecule is O=[N+]([O-])c1cnc(Nc2ccccc2O)nc1NC1CCCC1. The number of aromatic nitrogens is 2. The highest BCUT2D eigenvalue weighted by molar-refractivity contribution is 5.64. The molecule has 1 fully saturated rings. The Bertz CT molecular complexity index is 716. The normalized spacial score (nSPS) is 14.6. The molecule has 0 aliphatic heterocycles. The Labute approximate surface area is 132 Å². The highest BCUT2D eigenvalue weighted by Crippen LogP contribution is 2.29. The summed E-state index contributed by atoms with van der Waals surface area (Å²) in [6.45, 7) is 0. The van der Waals surface area contributed by atoms with E-state index in [1.807, 2.05) is 0 Å². The minimum atomic E-state index is -0.499. The molecule has 0 bridgehead atoms. The second-order valence-corrected chi connectivity index (χ2v) is 5.45. The van der Waals surface area contributed by atoms with E-state index in [1.165, 1.54) is 12.3 Å². The minimum absolute atomic E-state index is 0.0553. The molecule has 23 heavy (non-hydrogen) atoms. The van der Waals surface area contributed by atoms with E-state index < -0.39 is 4.92 Å². The lowest BCUT2D eigenvalue weighted by atomic mass is 10.2. The molecule has 0 spiro atoms. The van der Waals surface area contributed by atoms with Gasteiger partial charge in [0.2, 0.25) is 11.8 Å². The molecule has 0 radical (unpaired) electrons. The summed E-state index contributed by atoms with van der Waals surface area (Å²) in [4.78, 5) is 18.8. The molecule has 0 unspecified atom stereocenters. The average molecular weight is 315 g/mol. The van der Waals surface area contributed by atoms with E-state index in [4.69, 9.17) is 0 Å². The lowest BCUT2D eigenvalue weighted by Crippen LogP contribution is -2.17.